The molecule has 1 atom stereocenters. The summed E-state index contributed by atoms with van der Waals surface area (Å²) < 4.78 is 5.37. The van der Waals surface area contributed by atoms with Crippen molar-refractivity contribution < 1.29 is 4.74 Å². The van der Waals surface area contributed by atoms with Crippen molar-refractivity contribution >= 4 is 0 Å². The van der Waals surface area contributed by atoms with E-state index in [0.29, 0.717) is 6.04 Å². The number of nitrogens with one attached hydrogen (secondary N) is 1. The minimum Gasteiger partial charge on any atom is -0.496 e. The molecule has 0 saturated carbocycles. The Morgan fingerprint density at radius 3 is 2.70 bits per heavy atom. The van der Waals surface area contributed by atoms with E-state index in [1.54, 1.807) is 13.3 Å². The van der Waals surface area contributed by atoms with Crippen molar-refractivity contribution in [2.75, 3.05) is 7.11 Å². The molecule has 1 aromatic heterocycles. The molecule has 0 aliphatic heterocycles. The molecule has 1 N–H and O–H groups in total. The number of nitrogens with zero attached hydrogens (tertiary/aromatic N) is 2. The predicted octanol–water partition coefficient (Wildman–Crippen LogP) is 2.51. The van der Waals surface area contributed by atoms with Crippen molar-refractivity contribution in [3.05, 3.63) is 53.6 Å². The van der Waals surface area contributed by atoms with Gasteiger partial charge in [0, 0.05) is 25.0 Å². The fraction of sp³-hybridized carbons (Fsp3) is 0.375. The van der Waals surface area contributed by atoms with E-state index >= 15 is 0 Å². The van der Waals surface area contributed by atoms with Gasteiger partial charge in [-0.15, -0.1) is 0 Å². The summed E-state index contributed by atoms with van der Waals surface area (Å²) in [5, 5.41) is 3.46. The van der Waals surface area contributed by atoms with Gasteiger partial charge in [0.15, 0.2) is 0 Å². The molecule has 1 aromatic carbocycles. The van der Waals surface area contributed by atoms with E-state index in [2.05, 4.69) is 28.3 Å². The van der Waals surface area contributed by atoms with Crippen molar-refractivity contribution in [3.8, 4) is 5.75 Å². The van der Waals surface area contributed by atoms with Crippen LogP contribution in [0.5, 0.6) is 5.75 Å². The molecule has 0 radical (unpaired) electrons. The summed E-state index contributed by atoms with van der Waals surface area (Å²) in [5.41, 5.74) is 3.11. The lowest BCUT2D eigenvalue weighted by Crippen LogP contribution is -2.28. The van der Waals surface area contributed by atoms with Gasteiger partial charge in [-0.05, 0) is 31.9 Å². The van der Waals surface area contributed by atoms with Crippen LogP contribution in [-0.2, 0) is 13.0 Å². The number of hydrogen-bond donors (Lipinski definition) is 1. The second-order valence-electron chi connectivity index (χ2n) is 4.95. The Hall–Kier alpha value is -1.94. The quantitative estimate of drug-likeness (QED) is 0.877. The van der Waals surface area contributed by atoms with Gasteiger partial charge in [-0.3, -0.25) is 9.97 Å². The normalized spacial score (nSPS) is 12.2. The Morgan fingerprint density at radius 1 is 1.20 bits per heavy atom. The molecule has 0 aliphatic carbocycles. The molecule has 1 heterocycles. The number of benzene rings is 1. The molecule has 0 bridgehead atoms. The van der Waals surface area contributed by atoms with E-state index in [1.807, 2.05) is 31.3 Å². The summed E-state index contributed by atoms with van der Waals surface area (Å²) in [6, 6.07) is 8.46. The van der Waals surface area contributed by atoms with E-state index in [-0.39, 0.29) is 0 Å². The first-order valence-corrected chi connectivity index (χ1v) is 6.82. The van der Waals surface area contributed by atoms with Gasteiger partial charge >= 0.3 is 0 Å². The molecule has 1 unspecified atom stereocenters. The maximum atomic E-state index is 5.37. The van der Waals surface area contributed by atoms with Crippen LogP contribution in [0.1, 0.15) is 23.9 Å². The number of aromatic nitrogens is 2. The van der Waals surface area contributed by atoms with Crippen LogP contribution in [0.15, 0.2) is 36.7 Å². The number of para-hydroxylation sites is 1. The molecular weight excluding hydrogens is 250 g/mol. The molecule has 20 heavy (non-hydrogen) atoms. The minimum atomic E-state index is 0.342. The number of aryl methyl sites for hydroxylation is 1. The van der Waals surface area contributed by atoms with E-state index in [9.17, 15) is 0 Å². The van der Waals surface area contributed by atoms with E-state index < -0.39 is 0 Å². The third-order valence-electron chi connectivity index (χ3n) is 3.18. The molecule has 4 heteroatoms. The van der Waals surface area contributed by atoms with Crippen molar-refractivity contribution in [1.82, 2.24) is 15.3 Å². The van der Waals surface area contributed by atoms with Crippen molar-refractivity contribution in [1.29, 1.82) is 0 Å². The monoisotopic (exact) mass is 271 g/mol. The highest BCUT2D eigenvalue weighted by atomic mass is 16.5. The van der Waals surface area contributed by atoms with Crippen LogP contribution in [-0.4, -0.2) is 23.1 Å². The third-order valence-corrected chi connectivity index (χ3v) is 3.18. The third kappa shape index (κ3) is 4.03. The lowest BCUT2D eigenvalue weighted by atomic mass is 10.1. The van der Waals surface area contributed by atoms with Gasteiger partial charge in [-0.25, -0.2) is 0 Å². The first-order valence-electron chi connectivity index (χ1n) is 6.82. The fourth-order valence-electron chi connectivity index (χ4n) is 2.06. The summed E-state index contributed by atoms with van der Waals surface area (Å²) in [7, 11) is 1.71. The van der Waals surface area contributed by atoms with E-state index in [0.717, 1.165) is 30.1 Å². The molecule has 0 spiro atoms. The van der Waals surface area contributed by atoms with Crippen molar-refractivity contribution in [2.24, 2.45) is 0 Å². The first kappa shape index (κ1) is 14.5. The van der Waals surface area contributed by atoms with Crippen LogP contribution in [0.25, 0.3) is 0 Å². The molecule has 4 nitrogen and oxygen atoms in total. The molecule has 0 amide bonds. The zero-order valence-electron chi connectivity index (χ0n) is 12.3. The highest BCUT2D eigenvalue weighted by Gasteiger charge is 2.07. The summed E-state index contributed by atoms with van der Waals surface area (Å²) in [6.07, 6.45) is 4.53. The van der Waals surface area contributed by atoms with Crippen LogP contribution >= 0.6 is 0 Å². The Labute approximate surface area is 120 Å². The van der Waals surface area contributed by atoms with Gasteiger partial charge in [0.25, 0.3) is 0 Å². The molecule has 0 saturated heterocycles. The lowest BCUT2D eigenvalue weighted by Gasteiger charge is -2.15. The Morgan fingerprint density at radius 2 is 2.00 bits per heavy atom. The molecule has 2 aromatic rings. The summed E-state index contributed by atoms with van der Waals surface area (Å²) >= 11 is 0. The summed E-state index contributed by atoms with van der Waals surface area (Å²) in [5.74, 6) is 0.941. The highest BCUT2D eigenvalue weighted by molar-refractivity contribution is 5.33. The highest BCUT2D eigenvalue weighted by Crippen LogP contribution is 2.18. The number of ether oxygens (including phenoxy) is 1. The topological polar surface area (TPSA) is 47.0 Å². The van der Waals surface area contributed by atoms with Gasteiger partial charge in [0.05, 0.1) is 18.5 Å². The first-order chi connectivity index (χ1) is 9.69. The Bertz CT molecular complexity index is 540. The lowest BCUT2D eigenvalue weighted by molar-refractivity contribution is 0.406. The van der Waals surface area contributed by atoms with Crippen LogP contribution in [0.2, 0.25) is 0 Å². The maximum absolute atomic E-state index is 5.37. The molecule has 106 valence electrons. The maximum Gasteiger partial charge on any atom is 0.122 e. The van der Waals surface area contributed by atoms with Crippen LogP contribution in [0.3, 0.4) is 0 Å². The zero-order valence-corrected chi connectivity index (χ0v) is 12.3. The second-order valence-corrected chi connectivity index (χ2v) is 4.95. The zero-order chi connectivity index (χ0) is 14.4. The van der Waals surface area contributed by atoms with Crippen LogP contribution < -0.4 is 10.1 Å². The standard InChI is InChI=1S/C16H21N3O/c1-12(8-14-6-4-5-7-16(14)20-3)17-10-15-11-18-13(2)9-19-15/h4-7,9,11-12,17H,8,10H2,1-3H3. The van der Waals surface area contributed by atoms with E-state index in [4.69, 9.17) is 4.74 Å². The number of hydrogen-bond acceptors (Lipinski definition) is 4. The van der Waals surface area contributed by atoms with Gasteiger partial charge in [0.1, 0.15) is 5.75 Å². The molecule has 0 fully saturated rings. The largest absolute Gasteiger partial charge is 0.496 e. The Balaban J connectivity index is 1.89. The fourth-order valence-corrected chi connectivity index (χ4v) is 2.06. The predicted molar refractivity (Wildman–Crippen MR) is 79.8 cm³/mol. The second kappa shape index (κ2) is 7.01. The average molecular weight is 271 g/mol. The van der Waals surface area contributed by atoms with Crippen molar-refractivity contribution in [2.45, 2.75) is 32.9 Å². The smallest absolute Gasteiger partial charge is 0.122 e. The van der Waals surface area contributed by atoms with E-state index in [1.165, 1.54) is 5.56 Å². The molecular formula is C16H21N3O. The Kier molecular flexibility index (Phi) is 5.07. The SMILES string of the molecule is COc1ccccc1CC(C)NCc1cnc(C)cn1. The summed E-state index contributed by atoms with van der Waals surface area (Å²) in [6.45, 7) is 4.83. The minimum absolute atomic E-state index is 0.342. The number of rotatable bonds is 6. The average Bonchev–Trinajstić information content (AvgIpc) is 2.47. The molecule has 2 rings (SSSR count). The summed E-state index contributed by atoms with van der Waals surface area (Å²) in [4.78, 5) is 8.59. The van der Waals surface area contributed by atoms with Gasteiger partial charge < -0.3 is 10.1 Å². The van der Waals surface area contributed by atoms with Crippen LogP contribution in [0.4, 0.5) is 0 Å². The van der Waals surface area contributed by atoms with Gasteiger partial charge in [-0.1, -0.05) is 18.2 Å². The number of methoxy groups -OCH3 is 1. The van der Waals surface area contributed by atoms with Gasteiger partial charge in [0.2, 0.25) is 0 Å². The molecule has 0 aliphatic rings. The van der Waals surface area contributed by atoms with Crippen molar-refractivity contribution in [3.63, 3.8) is 0 Å². The van der Waals surface area contributed by atoms with Gasteiger partial charge in [-0.2, -0.15) is 0 Å². The van der Waals surface area contributed by atoms with Crippen LogP contribution in [0, 0.1) is 6.92 Å².